The Kier molecular flexibility index (Phi) is 5.12. The summed E-state index contributed by atoms with van der Waals surface area (Å²) in [6.45, 7) is 3.66. The van der Waals surface area contributed by atoms with Gasteiger partial charge in [0.2, 0.25) is 0 Å². The number of nitro groups is 1. The number of fused-ring (bicyclic) bond motifs is 1. The second kappa shape index (κ2) is 6.73. The van der Waals surface area contributed by atoms with E-state index in [2.05, 4.69) is 6.07 Å². The molecule has 1 aromatic heterocycles. The summed E-state index contributed by atoms with van der Waals surface area (Å²) < 4.78 is 1.57. The Bertz CT molecular complexity index is 915. The number of aryl methyl sites for hydroxylation is 2. The SMILES string of the molecule is Cc1ccc[c-]c1C(=O)n1c(C)cc2cc([N+](=O)[O-])ccc21.[Y]. The summed E-state index contributed by atoms with van der Waals surface area (Å²) in [6.07, 6.45) is 0. The van der Waals surface area contributed by atoms with Crippen molar-refractivity contribution in [1.29, 1.82) is 0 Å². The van der Waals surface area contributed by atoms with Gasteiger partial charge in [0.05, 0.1) is 4.92 Å². The molecule has 1 radical (unpaired) electrons. The average molecular weight is 382 g/mol. The van der Waals surface area contributed by atoms with Crippen LogP contribution in [0.2, 0.25) is 0 Å². The van der Waals surface area contributed by atoms with Gasteiger partial charge in [0.25, 0.3) is 5.69 Å². The molecule has 113 valence electrons. The summed E-state index contributed by atoms with van der Waals surface area (Å²) in [7, 11) is 0. The van der Waals surface area contributed by atoms with Crippen LogP contribution in [-0.2, 0) is 32.7 Å². The van der Waals surface area contributed by atoms with Crippen LogP contribution in [0.25, 0.3) is 10.9 Å². The summed E-state index contributed by atoms with van der Waals surface area (Å²) in [5, 5.41) is 11.5. The number of nitro benzene ring substituents is 1. The quantitative estimate of drug-likeness (QED) is 0.386. The number of non-ortho nitro benzene ring substituents is 1. The molecule has 0 N–H and O–H groups in total. The maximum Gasteiger partial charge on any atom is 0.270 e. The molecule has 5 nitrogen and oxygen atoms in total. The van der Waals surface area contributed by atoms with Gasteiger partial charge >= 0.3 is 0 Å². The van der Waals surface area contributed by atoms with Crippen LogP contribution in [0, 0.1) is 30.0 Å². The van der Waals surface area contributed by atoms with E-state index in [1.807, 2.05) is 26.0 Å². The zero-order chi connectivity index (χ0) is 15.9. The van der Waals surface area contributed by atoms with Crippen molar-refractivity contribution in [2.24, 2.45) is 0 Å². The summed E-state index contributed by atoms with van der Waals surface area (Å²) in [4.78, 5) is 23.2. The molecule has 0 saturated heterocycles. The average Bonchev–Trinajstić information content (AvgIpc) is 2.81. The van der Waals surface area contributed by atoms with Gasteiger partial charge in [0, 0.05) is 61.4 Å². The maximum atomic E-state index is 12.8. The van der Waals surface area contributed by atoms with Crippen molar-refractivity contribution >= 4 is 22.5 Å². The van der Waals surface area contributed by atoms with Gasteiger partial charge in [0.1, 0.15) is 0 Å². The van der Waals surface area contributed by atoms with Crippen LogP contribution < -0.4 is 0 Å². The molecule has 0 unspecified atom stereocenters. The van der Waals surface area contributed by atoms with Crippen molar-refractivity contribution in [1.82, 2.24) is 4.57 Å². The molecule has 0 atom stereocenters. The van der Waals surface area contributed by atoms with E-state index in [4.69, 9.17) is 0 Å². The van der Waals surface area contributed by atoms with Gasteiger partial charge in [-0.1, -0.05) is 12.5 Å². The Hall–Kier alpha value is -1.85. The number of hydrogen-bond acceptors (Lipinski definition) is 3. The zero-order valence-corrected chi connectivity index (χ0v) is 15.6. The first-order valence-corrected chi connectivity index (χ1v) is 6.77. The van der Waals surface area contributed by atoms with E-state index in [0.29, 0.717) is 16.5 Å². The molecule has 0 aliphatic carbocycles. The molecular weight excluding hydrogens is 369 g/mol. The predicted molar refractivity (Wildman–Crippen MR) is 83.1 cm³/mol. The summed E-state index contributed by atoms with van der Waals surface area (Å²) in [6, 6.07) is 14.6. The normalized spacial score (nSPS) is 10.3. The maximum absolute atomic E-state index is 12.8. The molecule has 3 aromatic rings. The van der Waals surface area contributed by atoms with E-state index in [0.717, 1.165) is 11.3 Å². The fourth-order valence-corrected chi connectivity index (χ4v) is 2.59. The molecule has 2 aromatic carbocycles. The number of carbonyl (C=O) groups excluding carboxylic acids is 1. The Morgan fingerprint density at radius 2 is 1.96 bits per heavy atom. The number of hydrogen-bond donors (Lipinski definition) is 0. The minimum Gasteiger partial charge on any atom is -0.327 e. The van der Waals surface area contributed by atoms with Gasteiger partial charge < -0.3 is 9.36 Å². The van der Waals surface area contributed by atoms with Crippen LogP contribution in [0.3, 0.4) is 0 Å². The van der Waals surface area contributed by atoms with Crippen molar-refractivity contribution in [2.75, 3.05) is 0 Å². The van der Waals surface area contributed by atoms with E-state index in [1.165, 1.54) is 12.1 Å². The van der Waals surface area contributed by atoms with Gasteiger partial charge in [0.15, 0.2) is 5.91 Å². The molecule has 0 aliphatic rings. The number of rotatable bonds is 2. The minimum atomic E-state index is -0.441. The minimum absolute atomic E-state index is 0. The van der Waals surface area contributed by atoms with Gasteiger partial charge in [-0.3, -0.25) is 10.1 Å². The summed E-state index contributed by atoms with van der Waals surface area (Å²) in [5.74, 6) is -0.181. The van der Waals surface area contributed by atoms with Gasteiger partial charge in [-0.05, 0) is 19.1 Å². The monoisotopic (exact) mass is 382 g/mol. The molecule has 0 saturated carbocycles. The first-order valence-electron chi connectivity index (χ1n) is 6.77. The van der Waals surface area contributed by atoms with E-state index in [1.54, 1.807) is 22.8 Å². The molecule has 0 bridgehead atoms. The van der Waals surface area contributed by atoms with E-state index < -0.39 is 4.92 Å². The first-order chi connectivity index (χ1) is 10.5. The Balaban J connectivity index is 0.00000192. The van der Waals surface area contributed by atoms with Crippen molar-refractivity contribution in [3.63, 3.8) is 0 Å². The Morgan fingerprint density at radius 3 is 2.61 bits per heavy atom. The summed E-state index contributed by atoms with van der Waals surface area (Å²) >= 11 is 0. The molecule has 1 heterocycles. The number of carbonyl (C=O) groups is 1. The second-order valence-electron chi connectivity index (χ2n) is 5.15. The van der Waals surface area contributed by atoms with E-state index in [9.17, 15) is 14.9 Å². The third-order valence-corrected chi connectivity index (χ3v) is 3.66. The van der Waals surface area contributed by atoms with E-state index in [-0.39, 0.29) is 44.3 Å². The van der Waals surface area contributed by atoms with E-state index >= 15 is 0 Å². The van der Waals surface area contributed by atoms with Crippen molar-refractivity contribution in [3.8, 4) is 0 Å². The second-order valence-corrected chi connectivity index (χ2v) is 5.15. The van der Waals surface area contributed by atoms with Gasteiger partial charge in [-0.2, -0.15) is 0 Å². The predicted octanol–water partition coefficient (Wildman–Crippen LogP) is 3.65. The van der Waals surface area contributed by atoms with Crippen LogP contribution in [0.5, 0.6) is 0 Å². The molecule has 6 heteroatoms. The van der Waals surface area contributed by atoms with Crippen molar-refractivity contribution < 1.29 is 42.4 Å². The number of benzene rings is 2. The van der Waals surface area contributed by atoms with Crippen LogP contribution in [-0.4, -0.2) is 15.4 Å². The van der Waals surface area contributed by atoms with Gasteiger partial charge in [-0.25, -0.2) is 0 Å². The zero-order valence-electron chi connectivity index (χ0n) is 12.7. The molecule has 23 heavy (non-hydrogen) atoms. The molecule has 0 spiro atoms. The smallest absolute Gasteiger partial charge is 0.270 e. The van der Waals surface area contributed by atoms with Crippen LogP contribution in [0.1, 0.15) is 21.6 Å². The van der Waals surface area contributed by atoms with Crippen LogP contribution in [0.4, 0.5) is 5.69 Å². The largest absolute Gasteiger partial charge is 0.327 e. The standard InChI is InChI=1S/C17H13N2O3.Y/c1-11-5-3-4-6-15(11)17(20)18-12(2)9-13-10-14(19(21)22)7-8-16(13)18;/h3-5,7-10H,1-2H3;/q-1;. The number of aromatic nitrogens is 1. The third kappa shape index (κ3) is 3.12. The molecule has 0 amide bonds. The topological polar surface area (TPSA) is 65.1 Å². The first kappa shape index (κ1) is 17.5. The summed E-state index contributed by atoms with van der Waals surface area (Å²) in [5.41, 5.74) is 2.75. The fourth-order valence-electron chi connectivity index (χ4n) is 2.59. The molecule has 0 aliphatic heterocycles. The molecule has 0 fully saturated rings. The van der Waals surface area contributed by atoms with Crippen molar-refractivity contribution in [2.45, 2.75) is 13.8 Å². The molecule has 3 rings (SSSR count). The Labute approximate surface area is 158 Å². The molecular formula is C17H13N2O3Y-. The van der Waals surface area contributed by atoms with Crippen LogP contribution in [0.15, 0.2) is 42.5 Å². The van der Waals surface area contributed by atoms with Crippen LogP contribution >= 0.6 is 0 Å². The third-order valence-electron chi connectivity index (χ3n) is 3.66. The Morgan fingerprint density at radius 1 is 1.22 bits per heavy atom. The number of nitrogens with zero attached hydrogens (tertiary/aromatic N) is 2. The van der Waals surface area contributed by atoms with Gasteiger partial charge in [-0.15, -0.1) is 29.8 Å². The van der Waals surface area contributed by atoms with Crippen molar-refractivity contribution in [3.05, 3.63) is 75.5 Å². The fraction of sp³-hybridized carbons (Fsp3) is 0.118.